The van der Waals surface area contributed by atoms with Gasteiger partial charge in [-0.15, -0.1) is 0 Å². The third kappa shape index (κ3) is 11.6. The molecule has 1 aliphatic rings. The van der Waals surface area contributed by atoms with Gasteiger partial charge in [-0.05, 0) is 123 Å². The van der Waals surface area contributed by atoms with Crippen molar-refractivity contribution in [1.82, 2.24) is 29.7 Å². The van der Waals surface area contributed by atoms with Crippen LogP contribution in [-0.4, -0.2) is 88.6 Å². The number of benzene rings is 2. The predicted octanol–water partition coefficient (Wildman–Crippen LogP) is 5.04. The first-order valence-corrected chi connectivity index (χ1v) is 23.5. The number of ether oxygens (including phenoxy) is 2. The number of aromatic amines is 3. The summed E-state index contributed by atoms with van der Waals surface area (Å²) in [4.78, 5) is 63.4. The number of fused-ring (bicyclic) bond motifs is 8. The lowest BCUT2D eigenvalue weighted by Gasteiger charge is -2.24. The first kappa shape index (κ1) is 50.3. The highest BCUT2D eigenvalue weighted by atomic mass is 16.6. The molecule has 70 heavy (non-hydrogen) atoms. The molecule has 0 radical (unpaired) electrons. The molecule has 0 aliphatic carbocycles. The van der Waals surface area contributed by atoms with Gasteiger partial charge in [-0.25, -0.2) is 9.59 Å². The number of hydrogen-bond acceptors (Lipinski definition) is 8. The molecule has 2 amide bonds. The fourth-order valence-corrected chi connectivity index (χ4v) is 9.34. The maximum Gasteiger partial charge on any atom is 0.410 e. The second kappa shape index (κ2) is 22.2. The maximum atomic E-state index is 14.1. The van der Waals surface area contributed by atoms with Gasteiger partial charge >= 0.3 is 24.1 Å². The van der Waals surface area contributed by atoms with Crippen molar-refractivity contribution in [2.45, 2.75) is 99.2 Å². The highest BCUT2D eigenvalue weighted by molar-refractivity contribution is 5.71. The topological polar surface area (TPSA) is 235 Å². The van der Waals surface area contributed by atoms with Gasteiger partial charge in [0.15, 0.2) is 0 Å². The standard InChI is InChI=1S/C54H62N6O10/c1-31-39(17-19-49(63)64)44-27-48-40(18-20-50(65)66)32(2)47(28-46-52(36(6)62)34(4)43(58-46)26-45-51(35(5)61)33(3)42(57-45)25-41(31)56-44)60(48)24-23-59(54(68)70-30-38-15-11-8-12-16-38)22-21-55-53(67)69-29-37-13-9-7-10-14-37/h7-16,25-28,35-36,56-58,61-62H,17-24,29-30H2,1-6H3,(H,55,67)(H,63,64)(H,65,66). The van der Waals surface area contributed by atoms with Crippen LogP contribution < -0.4 is 26.7 Å². The van der Waals surface area contributed by atoms with Crippen molar-refractivity contribution >= 4 is 48.4 Å². The van der Waals surface area contributed by atoms with Crippen molar-refractivity contribution < 1.29 is 49.1 Å². The van der Waals surface area contributed by atoms with E-state index in [4.69, 9.17) is 9.47 Å². The van der Waals surface area contributed by atoms with Crippen molar-refractivity contribution in [1.29, 1.82) is 0 Å². The van der Waals surface area contributed by atoms with Gasteiger partial charge in [0.05, 0.1) is 12.2 Å². The van der Waals surface area contributed by atoms with Gasteiger partial charge in [-0.2, -0.15) is 0 Å². The molecular formula is C54H62N6O10. The van der Waals surface area contributed by atoms with Gasteiger partial charge in [-0.3, -0.25) is 9.59 Å². The van der Waals surface area contributed by atoms with E-state index in [1.165, 1.54) is 4.90 Å². The Morgan fingerprint density at radius 3 is 1.79 bits per heavy atom. The average Bonchev–Trinajstić information content (AvgIpc) is 3.99. The molecule has 7 rings (SSSR count). The Balaban J connectivity index is 1.41. The van der Waals surface area contributed by atoms with E-state index in [9.17, 15) is 39.6 Å². The quantitative estimate of drug-likeness (QED) is 0.0571. The van der Waals surface area contributed by atoms with Gasteiger partial charge < -0.3 is 59.6 Å². The van der Waals surface area contributed by atoms with E-state index >= 15 is 0 Å². The highest BCUT2D eigenvalue weighted by Gasteiger charge is 2.24. The summed E-state index contributed by atoms with van der Waals surface area (Å²) in [5.74, 6) is -1.96. The molecule has 16 nitrogen and oxygen atoms in total. The number of alkyl carbamates (subject to hydrolysis) is 1. The Labute approximate surface area is 405 Å². The van der Waals surface area contributed by atoms with Crippen molar-refractivity contribution in [2.75, 3.05) is 19.6 Å². The number of aliphatic hydroxyl groups is 2. The number of carboxylic acids is 2. The summed E-state index contributed by atoms with van der Waals surface area (Å²) in [6, 6.07) is 18.5. The Hall–Kier alpha value is -7.56. The number of amides is 2. The first-order valence-electron chi connectivity index (χ1n) is 23.5. The summed E-state index contributed by atoms with van der Waals surface area (Å²) in [5.41, 5.74) is 10.3. The summed E-state index contributed by atoms with van der Waals surface area (Å²) in [7, 11) is 0. The summed E-state index contributed by atoms with van der Waals surface area (Å²) in [5, 5.41) is 47.7. The lowest BCUT2D eigenvalue weighted by atomic mass is 10.0. The zero-order valence-electron chi connectivity index (χ0n) is 40.4. The molecule has 8 N–H and O–H groups in total. The van der Waals surface area contributed by atoms with E-state index in [1.807, 2.05) is 117 Å². The van der Waals surface area contributed by atoms with Crippen molar-refractivity contribution in [2.24, 2.45) is 0 Å². The summed E-state index contributed by atoms with van der Waals surface area (Å²) < 4.78 is 13.3. The molecule has 1 aliphatic heterocycles. The zero-order chi connectivity index (χ0) is 50.2. The zero-order valence-corrected chi connectivity index (χ0v) is 40.4. The average molecular weight is 955 g/mol. The molecule has 8 bridgehead atoms. The van der Waals surface area contributed by atoms with Crippen LogP contribution in [0.1, 0.15) is 117 Å². The number of rotatable bonds is 18. The molecule has 0 saturated carbocycles. The predicted molar refractivity (Wildman–Crippen MR) is 265 cm³/mol. The largest absolute Gasteiger partial charge is 0.481 e. The minimum absolute atomic E-state index is 0.00257. The van der Waals surface area contributed by atoms with Crippen molar-refractivity contribution in [3.63, 3.8) is 0 Å². The van der Waals surface area contributed by atoms with Crippen LogP contribution in [0.5, 0.6) is 0 Å². The number of aliphatic hydroxyl groups excluding tert-OH is 2. The number of nitrogens with zero attached hydrogens (tertiary/aromatic N) is 2. The van der Waals surface area contributed by atoms with Gasteiger partial charge in [0.2, 0.25) is 0 Å². The maximum absolute atomic E-state index is 14.1. The molecule has 5 heterocycles. The summed E-state index contributed by atoms with van der Waals surface area (Å²) >= 11 is 0. The Bertz CT molecular complexity index is 3140. The Morgan fingerprint density at radius 2 is 1.17 bits per heavy atom. The lowest BCUT2D eigenvalue weighted by Crippen LogP contribution is -2.40. The Morgan fingerprint density at radius 1 is 0.614 bits per heavy atom. The molecule has 0 spiro atoms. The molecule has 16 heteroatoms. The number of carbonyl (C=O) groups is 4. The van der Waals surface area contributed by atoms with Crippen LogP contribution in [0.15, 0.2) is 60.7 Å². The van der Waals surface area contributed by atoms with Gasteiger partial charge in [-0.1, -0.05) is 60.7 Å². The second-order valence-electron chi connectivity index (χ2n) is 17.8. The van der Waals surface area contributed by atoms with E-state index < -0.39 is 36.3 Å². The van der Waals surface area contributed by atoms with Crippen molar-refractivity contribution in [3.8, 4) is 0 Å². The molecule has 0 fully saturated rings. The number of carboxylic acid groups (broad SMARTS) is 2. The van der Waals surface area contributed by atoms with Gasteiger partial charge in [0.25, 0.3) is 0 Å². The van der Waals surface area contributed by atoms with E-state index in [1.54, 1.807) is 13.8 Å². The molecule has 2 atom stereocenters. The molecule has 4 aromatic heterocycles. The van der Waals surface area contributed by atoms with Crippen LogP contribution in [0, 0.1) is 27.7 Å². The normalized spacial score (nSPS) is 12.7. The van der Waals surface area contributed by atoms with Crippen LogP contribution in [0.2, 0.25) is 0 Å². The van der Waals surface area contributed by atoms with Gasteiger partial charge in [0.1, 0.15) is 13.2 Å². The summed E-state index contributed by atoms with van der Waals surface area (Å²) in [6.45, 7) is 11.4. The van der Waals surface area contributed by atoms with E-state index in [2.05, 4.69) is 20.3 Å². The minimum Gasteiger partial charge on any atom is -0.481 e. The van der Waals surface area contributed by atoms with E-state index in [0.717, 1.165) is 50.2 Å². The van der Waals surface area contributed by atoms with Crippen LogP contribution in [0.3, 0.4) is 0 Å². The molecule has 2 aromatic carbocycles. The second-order valence-corrected chi connectivity index (χ2v) is 17.8. The number of nitrogens with one attached hydrogen (secondary N) is 4. The number of aliphatic carboxylic acids is 2. The smallest absolute Gasteiger partial charge is 0.410 e. The van der Waals surface area contributed by atoms with Crippen LogP contribution >= 0.6 is 0 Å². The first-order chi connectivity index (χ1) is 33.5. The molecular weight excluding hydrogens is 893 g/mol. The monoisotopic (exact) mass is 954 g/mol. The molecule has 368 valence electrons. The lowest BCUT2D eigenvalue weighted by molar-refractivity contribution is -0.138. The number of hydrogen-bond donors (Lipinski definition) is 8. The van der Waals surface area contributed by atoms with Crippen LogP contribution in [-0.2, 0) is 51.7 Å². The SMILES string of the molecule is Cc1c2[nH]c(c1C(C)O)C=c1[nH]c(c(C(C)O)c1C)=Cc1c(C)c(CCC(=O)O)c(n1CCN(CCNC(=O)OCc1ccccc1)C(=O)OCc1ccccc1)C=c1[nH]c(c(C)c1CCC(=O)O)=C2. The van der Waals surface area contributed by atoms with Crippen LogP contribution in [0.25, 0.3) is 24.3 Å². The van der Waals surface area contributed by atoms with Crippen molar-refractivity contribution in [3.05, 3.63) is 160 Å². The third-order valence-electron chi connectivity index (χ3n) is 13.0. The fraction of sp³-hybridized carbons (Fsp3) is 0.333. The minimum atomic E-state index is -0.993. The number of carbonyl (C=O) groups excluding carboxylic acids is 2. The molecule has 0 saturated heterocycles. The highest BCUT2D eigenvalue weighted by Crippen LogP contribution is 2.29. The third-order valence-corrected chi connectivity index (χ3v) is 13.0. The Kier molecular flexibility index (Phi) is 16.0. The van der Waals surface area contributed by atoms with Gasteiger partial charge in [0, 0.05) is 94.3 Å². The molecule has 6 aromatic rings. The van der Waals surface area contributed by atoms with E-state index in [0.29, 0.717) is 49.6 Å². The number of aromatic nitrogens is 4. The number of H-pyrrole nitrogens is 3. The summed E-state index contributed by atoms with van der Waals surface area (Å²) in [6.07, 6.45) is 4.63. The van der Waals surface area contributed by atoms with E-state index in [-0.39, 0.29) is 65.1 Å². The van der Waals surface area contributed by atoms with Crippen LogP contribution in [0.4, 0.5) is 9.59 Å². The molecule has 2 unspecified atom stereocenters. The fourth-order valence-electron chi connectivity index (χ4n) is 9.34.